The van der Waals surface area contributed by atoms with Crippen molar-refractivity contribution < 1.29 is 19.0 Å². The zero-order chi connectivity index (χ0) is 9.64. The Bertz CT molecular complexity index is 240. The number of thiol groups is 1. The number of hydrogen-bond acceptors (Lipinski definition) is 5. The molecule has 2 aliphatic rings. The molecular formula is C8H12O4S. The molecule has 0 saturated carbocycles. The molecule has 2 heterocycles. The molecule has 0 unspecified atom stereocenters. The zero-order valence-electron chi connectivity index (χ0n) is 7.52. The number of rotatable bonds is 1. The van der Waals surface area contributed by atoms with Gasteiger partial charge >= 0.3 is 5.97 Å². The third-order valence-electron chi connectivity index (χ3n) is 2.18. The van der Waals surface area contributed by atoms with Gasteiger partial charge in [-0.2, -0.15) is 12.6 Å². The van der Waals surface area contributed by atoms with Crippen molar-refractivity contribution in [2.45, 2.75) is 37.9 Å². The molecule has 0 radical (unpaired) electrons. The molecule has 5 heteroatoms. The molecule has 0 aliphatic carbocycles. The first-order chi connectivity index (χ1) is 6.03. The number of carbonyl (C=O) groups is 1. The molecule has 2 rings (SSSR count). The molecule has 0 amide bonds. The SMILES string of the molecule is CC1(C)O[C@@H]2[C@@H](CS)OC(=O)[C@@H]2O1. The summed E-state index contributed by atoms with van der Waals surface area (Å²) in [5.74, 6) is -0.558. The van der Waals surface area contributed by atoms with E-state index in [1.807, 2.05) is 0 Å². The van der Waals surface area contributed by atoms with Crippen LogP contribution >= 0.6 is 12.6 Å². The summed E-state index contributed by atoms with van der Waals surface area (Å²) in [6.45, 7) is 3.57. The van der Waals surface area contributed by atoms with E-state index in [1.54, 1.807) is 13.8 Å². The molecule has 2 saturated heterocycles. The van der Waals surface area contributed by atoms with E-state index < -0.39 is 11.9 Å². The molecule has 0 spiro atoms. The van der Waals surface area contributed by atoms with Crippen LogP contribution in [0.4, 0.5) is 0 Å². The first-order valence-electron chi connectivity index (χ1n) is 4.20. The molecule has 0 aromatic carbocycles. The van der Waals surface area contributed by atoms with Crippen molar-refractivity contribution in [3.8, 4) is 0 Å². The van der Waals surface area contributed by atoms with Crippen molar-refractivity contribution in [2.24, 2.45) is 0 Å². The summed E-state index contributed by atoms with van der Waals surface area (Å²) in [6, 6.07) is 0. The van der Waals surface area contributed by atoms with E-state index >= 15 is 0 Å². The Kier molecular flexibility index (Phi) is 2.05. The van der Waals surface area contributed by atoms with Crippen molar-refractivity contribution in [2.75, 3.05) is 5.75 Å². The second-order valence-corrected chi connectivity index (χ2v) is 4.04. The number of cyclic esters (lactones) is 1. The van der Waals surface area contributed by atoms with Gasteiger partial charge in [0.1, 0.15) is 12.2 Å². The van der Waals surface area contributed by atoms with E-state index in [9.17, 15) is 4.79 Å². The molecule has 3 atom stereocenters. The maximum Gasteiger partial charge on any atom is 0.338 e. The molecule has 0 aromatic heterocycles. The largest absolute Gasteiger partial charge is 0.457 e. The average Bonchev–Trinajstić information content (AvgIpc) is 2.47. The highest BCUT2D eigenvalue weighted by Gasteiger charge is 2.55. The summed E-state index contributed by atoms with van der Waals surface area (Å²) < 4.78 is 15.9. The molecule has 0 bridgehead atoms. The van der Waals surface area contributed by atoms with Gasteiger partial charge in [0.2, 0.25) is 0 Å². The zero-order valence-corrected chi connectivity index (χ0v) is 8.41. The van der Waals surface area contributed by atoms with Gasteiger partial charge in [-0.25, -0.2) is 4.79 Å². The lowest BCUT2D eigenvalue weighted by atomic mass is 10.2. The number of ether oxygens (including phenoxy) is 3. The summed E-state index contributed by atoms with van der Waals surface area (Å²) in [7, 11) is 0. The molecule has 74 valence electrons. The third-order valence-corrected chi connectivity index (χ3v) is 2.54. The minimum absolute atomic E-state index is 0.275. The van der Waals surface area contributed by atoms with Gasteiger partial charge in [0, 0.05) is 5.75 Å². The Morgan fingerprint density at radius 1 is 1.46 bits per heavy atom. The lowest BCUT2D eigenvalue weighted by Gasteiger charge is -2.20. The van der Waals surface area contributed by atoms with E-state index in [4.69, 9.17) is 14.2 Å². The standard InChI is InChI=1S/C8H12O4S/c1-8(2)11-5-4(3-13)10-7(9)6(5)12-8/h4-6,13H,3H2,1-2H3/t4-,5-,6-/m1/s1. The highest BCUT2D eigenvalue weighted by Crippen LogP contribution is 2.36. The van der Waals surface area contributed by atoms with Gasteiger partial charge in [0.15, 0.2) is 11.9 Å². The van der Waals surface area contributed by atoms with Crippen molar-refractivity contribution in [3.63, 3.8) is 0 Å². The lowest BCUT2D eigenvalue weighted by Crippen LogP contribution is -2.30. The molecule has 2 aliphatic heterocycles. The van der Waals surface area contributed by atoms with Gasteiger partial charge < -0.3 is 14.2 Å². The summed E-state index contributed by atoms with van der Waals surface area (Å²) in [6.07, 6.45) is -1.13. The van der Waals surface area contributed by atoms with Crippen molar-refractivity contribution in [3.05, 3.63) is 0 Å². The average molecular weight is 204 g/mol. The molecule has 0 N–H and O–H groups in total. The monoisotopic (exact) mass is 204 g/mol. The highest BCUT2D eigenvalue weighted by molar-refractivity contribution is 7.80. The molecule has 0 aromatic rings. The van der Waals surface area contributed by atoms with Crippen LogP contribution in [0.5, 0.6) is 0 Å². The predicted molar refractivity (Wildman–Crippen MR) is 47.6 cm³/mol. The number of hydrogen-bond donors (Lipinski definition) is 1. The van der Waals surface area contributed by atoms with E-state index in [2.05, 4.69) is 12.6 Å². The first kappa shape index (κ1) is 9.30. The Morgan fingerprint density at radius 3 is 2.77 bits per heavy atom. The van der Waals surface area contributed by atoms with Crippen LogP contribution in [0.1, 0.15) is 13.8 Å². The summed E-state index contributed by atoms with van der Waals surface area (Å²) in [5.41, 5.74) is 0. The van der Waals surface area contributed by atoms with E-state index in [0.29, 0.717) is 5.75 Å². The first-order valence-corrected chi connectivity index (χ1v) is 4.84. The van der Waals surface area contributed by atoms with Crippen LogP contribution in [0.25, 0.3) is 0 Å². The van der Waals surface area contributed by atoms with Gasteiger partial charge in [-0.1, -0.05) is 0 Å². The fourth-order valence-corrected chi connectivity index (χ4v) is 1.95. The van der Waals surface area contributed by atoms with Gasteiger partial charge in [-0.15, -0.1) is 0 Å². The fraction of sp³-hybridized carbons (Fsp3) is 0.875. The maximum absolute atomic E-state index is 11.3. The third kappa shape index (κ3) is 1.45. The van der Waals surface area contributed by atoms with Gasteiger partial charge in [0.25, 0.3) is 0 Å². The van der Waals surface area contributed by atoms with Crippen molar-refractivity contribution in [1.29, 1.82) is 0 Å². The predicted octanol–water partition coefficient (Wildman–Crippen LogP) is 0.362. The number of fused-ring (bicyclic) bond motifs is 1. The Hall–Kier alpha value is -0.260. The Balaban J connectivity index is 2.17. The van der Waals surface area contributed by atoms with Gasteiger partial charge in [0.05, 0.1) is 0 Å². The molecule has 2 fully saturated rings. The summed E-state index contributed by atoms with van der Waals surface area (Å²) in [4.78, 5) is 11.3. The smallest absolute Gasteiger partial charge is 0.338 e. The van der Waals surface area contributed by atoms with Crippen LogP contribution in [-0.4, -0.2) is 35.8 Å². The quantitative estimate of drug-likeness (QED) is 0.495. The van der Waals surface area contributed by atoms with Crippen molar-refractivity contribution in [1.82, 2.24) is 0 Å². The summed E-state index contributed by atoms with van der Waals surface area (Å²) >= 11 is 4.08. The molecular weight excluding hydrogens is 192 g/mol. The molecule has 4 nitrogen and oxygen atoms in total. The number of carbonyl (C=O) groups excluding carboxylic acids is 1. The van der Waals surface area contributed by atoms with Crippen LogP contribution in [-0.2, 0) is 19.0 Å². The second-order valence-electron chi connectivity index (χ2n) is 3.68. The van der Waals surface area contributed by atoms with Gasteiger partial charge in [-0.05, 0) is 13.8 Å². The lowest BCUT2D eigenvalue weighted by molar-refractivity contribution is -0.185. The Morgan fingerprint density at radius 2 is 2.15 bits per heavy atom. The van der Waals surface area contributed by atoms with Crippen LogP contribution in [0.15, 0.2) is 0 Å². The second kappa shape index (κ2) is 2.87. The number of esters is 1. The minimum Gasteiger partial charge on any atom is -0.457 e. The van der Waals surface area contributed by atoms with E-state index in [1.165, 1.54) is 0 Å². The Labute approximate surface area is 81.9 Å². The van der Waals surface area contributed by atoms with Crippen LogP contribution < -0.4 is 0 Å². The van der Waals surface area contributed by atoms with Crippen molar-refractivity contribution >= 4 is 18.6 Å². The van der Waals surface area contributed by atoms with E-state index in [-0.39, 0.29) is 18.2 Å². The van der Waals surface area contributed by atoms with Gasteiger partial charge in [-0.3, -0.25) is 0 Å². The van der Waals surface area contributed by atoms with E-state index in [0.717, 1.165) is 0 Å². The van der Waals surface area contributed by atoms with Crippen LogP contribution in [0.3, 0.4) is 0 Å². The normalized spacial score (nSPS) is 41.8. The van der Waals surface area contributed by atoms with Crippen LogP contribution in [0.2, 0.25) is 0 Å². The fourth-order valence-electron chi connectivity index (χ4n) is 1.67. The van der Waals surface area contributed by atoms with Crippen LogP contribution in [0, 0.1) is 0 Å². The maximum atomic E-state index is 11.3. The summed E-state index contributed by atoms with van der Waals surface area (Å²) in [5, 5.41) is 0. The highest BCUT2D eigenvalue weighted by atomic mass is 32.1. The topological polar surface area (TPSA) is 44.8 Å². The minimum atomic E-state index is -0.685. The molecule has 13 heavy (non-hydrogen) atoms.